The third-order valence-corrected chi connectivity index (χ3v) is 6.58. The first-order valence-corrected chi connectivity index (χ1v) is 12.9. The summed E-state index contributed by atoms with van der Waals surface area (Å²) >= 11 is 6.34. The van der Waals surface area contributed by atoms with Crippen LogP contribution in [0, 0.1) is 5.41 Å². The molecule has 7 heteroatoms. The van der Waals surface area contributed by atoms with Crippen LogP contribution in [-0.2, 0) is 4.79 Å². The van der Waals surface area contributed by atoms with Crippen LogP contribution in [0.25, 0.3) is 6.08 Å². The molecule has 0 bridgehead atoms. The SMILES string of the molecule is COc1ccccc1/C=C/CN(CCN1CCN(C(=O)CC(C)(C)C)CC1)C(=O)c1ccccc1Cl. The van der Waals surface area contributed by atoms with Crippen molar-refractivity contribution in [2.75, 3.05) is 52.9 Å². The van der Waals surface area contributed by atoms with E-state index < -0.39 is 0 Å². The molecule has 1 aliphatic rings. The van der Waals surface area contributed by atoms with Crippen LogP contribution in [0.3, 0.4) is 0 Å². The summed E-state index contributed by atoms with van der Waals surface area (Å²) in [5.41, 5.74) is 1.45. The summed E-state index contributed by atoms with van der Waals surface area (Å²) in [5.74, 6) is 0.917. The number of piperazine rings is 1. The molecule has 0 spiro atoms. The average Bonchev–Trinajstić information content (AvgIpc) is 2.85. The molecule has 1 aliphatic heterocycles. The largest absolute Gasteiger partial charge is 0.496 e. The summed E-state index contributed by atoms with van der Waals surface area (Å²) in [4.78, 5) is 32.1. The number of hydrogen-bond donors (Lipinski definition) is 0. The van der Waals surface area contributed by atoms with Gasteiger partial charge in [-0.3, -0.25) is 14.5 Å². The number of hydrogen-bond acceptors (Lipinski definition) is 4. The molecule has 1 saturated heterocycles. The molecule has 0 aliphatic carbocycles. The normalized spacial score (nSPS) is 14.8. The number of carbonyl (C=O) groups excluding carboxylic acids is 2. The Hall–Kier alpha value is -2.83. The fourth-order valence-corrected chi connectivity index (χ4v) is 4.46. The highest BCUT2D eigenvalue weighted by atomic mass is 35.5. The Labute approximate surface area is 220 Å². The Morgan fingerprint density at radius 2 is 1.69 bits per heavy atom. The maximum Gasteiger partial charge on any atom is 0.255 e. The lowest BCUT2D eigenvalue weighted by molar-refractivity contribution is -0.134. The lowest BCUT2D eigenvalue weighted by atomic mass is 9.91. The maximum absolute atomic E-state index is 13.4. The van der Waals surface area contributed by atoms with Gasteiger partial charge < -0.3 is 14.5 Å². The summed E-state index contributed by atoms with van der Waals surface area (Å²) < 4.78 is 5.43. The van der Waals surface area contributed by atoms with Gasteiger partial charge in [-0.2, -0.15) is 0 Å². The van der Waals surface area contributed by atoms with Crippen LogP contribution < -0.4 is 4.74 Å². The molecule has 1 fully saturated rings. The highest BCUT2D eigenvalue weighted by Crippen LogP contribution is 2.21. The molecule has 0 radical (unpaired) electrons. The second-order valence-electron chi connectivity index (χ2n) is 10.3. The molecule has 2 amide bonds. The van der Waals surface area contributed by atoms with Crippen LogP contribution in [0.5, 0.6) is 5.75 Å². The number of methoxy groups -OCH3 is 1. The van der Waals surface area contributed by atoms with Gasteiger partial charge in [0.2, 0.25) is 5.91 Å². The van der Waals surface area contributed by atoms with E-state index in [4.69, 9.17) is 16.3 Å². The average molecular weight is 512 g/mol. The van der Waals surface area contributed by atoms with Crippen molar-refractivity contribution in [3.05, 3.63) is 70.8 Å². The zero-order valence-corrected chi connectivity index (χ0v) is 22.6. The minimum absolute atomic E-state index is 0.00885. The van der Waals surface area contributed by atoms with E-state index in [1.807, 2.05) is 58.4 Å². The number of rotatable bonds is 9. The van der Waals surface area contributed by atoms with Crippen LogP contribution in [0.4, 0.5) is 0 Å². The smallest absolute Gasteiger partial charge is 0.255 e. The van der Waals surface area contributed by atoms with Crippen molar-refractivity contribution >= 4 is 29.5 Å². The summed E-state index contributed by atoms with van der Waals surface area (Å²) in [5, 5.41) is 0.451. The summed E-state index contributed by atoms with van der Waals surface area (Å²) in [6.07, 6.45) is 4.52. The Bertz CT molecular complexity index is 1060. The molecule has 36 heavy (non-hydrogen) atoms. The van der Waals surface area contributed by atoms with Crippen LogP contribution in [-0.4, -0.2) is 79.4 Å². The van der Waals surface area contributed by atoms with Gasteiger partial charge in [-0.1, -0.05) is 74.9 Å². The van der Waals surface area contributed by atoms with E-state index in [9.17, 15) is 9.59 Å². The molecular formula is C29H38ClN3O3. The first-order chi connectivity index (χ1) is 17.2. The van der Waals surface area contributed by atoms with Crippen molar-refractivity contribution in [3.8, 4) is 5.75 Å². The number of ether oxygens (including phenoxy) is 1. The van der Waals surface area contributed by atoms with E-state index in [1.165, 1.54) is 0 Å². The topological polar surface area (TPSA) is 53.1 Å². The van der Waals surface area contributed by atoms with Gasteiger partial charge in [0.05, 0.1) is 17.7 Å². The molecule has 0 unspecified atom stereocenters. The molecule has 2 aromatic rings. The molecule has 0 atom stereocenters. The molecule has 0 N–H and O–H groups in total. The minimum Gasteiger partial charge on any atom is -0.496 e. The first kappa shape index (κ1) is 27.8. The van der Waals surface area contributed by atoms with Crippen LogP contribution >= 0.6 is 11.6 Å². The lowest BCUT2D eigenvalue weighted by Gasteiger charge is -2.36. The molecule has 2 aromatic carbocycles. The molecule has 1 heterocycles. The van der Waals surface area contributed by atoms with Crippen molar-refractivity contribution in [2.24, 2.45) is 5.41 Å². The Balaban J connectivity index is 1.63. The quantitative estimate of drug-likeness (QED) is 0.471. The van der Waals surface area contributed by atoms with Gasteiger partial charge in [-0.05, 0) is 23.6 Å². The molecule has 0 aromatic heterocycles. The van der Waals surface area contributed by atoms with Crippen molar-refractivity contribution in [1.29, 1.82) is 0 Å². The Kier molecular flexibility index (Phi) is 9.97. The zero-order valence-electron chi connectivity index (χ0n) is 21.9. The second-order valence-corrected chi connectivity index (χ2v) is 10.7. The van der Waals surface area contributed by atoms with Gasteiger partial charge in [-0.15, -0.1) is 0 Å². The van der Waals surface area contributed by atoms with Crippen molar-refractivity contribution < 1.29 is 14.3 Å². The van der Waals surface area contributed by atoms with E-state index in [0.29, 0.717) is 30.1 Å². The summed E-state index contributed by atoms with van der Waals surface area (Å²) in [6.45, 7) is 11.1. The number of halogens is 1. The van der Waals surface area contributed by atoms with Crippen LogP contribution in [0.1, 0.15) is 43.1 Å². The third kappa shape index (κ3) is 8.10. The standard InChI is InChI=1S/C29H38ClN3O3/c1-29(2,3)22-27(34)32-19-16-31(17-20-32)18-21-33(28(35)24-12-6-7-13-25(24)30)15-9-11-23-10-5-8-14-26(23)36-4/h5-14H,15-22H2,1-4H3/b11-9+. The van der Waals surface area contributed by atoms with E-state index >= 15 is 0 Å². The van der Waals surface area contributed by atoms with E-state index in [-0.39, 0.29) is 17.2 Å². The summed E-state index contributed by atoms with van der Waals surface area (Å²) in [7, 11) is 1.65. The Morgan fingerprint density at radius 1 is 1.03 bits per heavy atom. The first-order valence-electron chi connectivity index (χ1n) is 12.5. The maximum atomic E-state index is 13.4. The van der Waals surface area contributed by atoms with Crippen molar-refractivity contribution in [3.63, 3.8) is 0 Å². The van der Waals surface area contributed by atoms with Crippen LogP contribution in [0.2, 0.25) is 5.02 Å². The van der Waals surface area contributed by atoms with Gasteiger partial charge in [-0.25, -0.2) is 0 Å². The van der Waals surface area contributed by atoms with E-state index in [1.54, 1.807) is 19.2 Å². The monoisotopic (exact) mass is 511 g/mol. The molecule has 0 saturated carbocycles. The number of amides is 2. The minimum atomic E-state index is -0.0933. The fraction of sp³-hybridized carbons (Fsp3) is 0.448. The van der Waals surface area contributed by atoms with E-state index in [0.717, 1.165) is 44.0 Å². The van der Waals surface area contributed by atoms with Crippen LogP contribution in [0.15, 0.2) is 54.6 Å². The number of carbonyl (C=O) groups is 2. The molecule has 3 rings (SSSR count). The van der Waals surface area contributed by atoms with E-state index in [2.05, 4.69) is 25.7 Å². The number of benzene rings is 2. The molecule has 6 nitrogen and oxygen atoms in total. The lowest BCUT2D eigenvalue weighted by Crippen LogP contribution is -2.51. The highest BCUT2D eigenvalue weighted by molar-refractivity contribution is 6.33. The zero-order chi connectivity index (χ0) is 26.1. The number of nitrogens with zero attached hydrogens (tertiary/aromatic N) is 3. The van der Waals surface area contributed by atoms with Gasteiger partial charge in [0, 0.05) is 57.8 Å². The predicted molar refractivity (Wildman–Crippen MR) is 146 cm³/mol. The predicted octanol–water partition coefficient (Wildman–Crippen LogP) is 5.08. The molecule has 194 valence electrons. The second kappa shape index (κ2) is 12.9. The Morgan fingerprint density at radius 3 is 2.36 bits per heavy atom. The highest BCUT2D eigenvalue weighted by Gasteiger charge is 2.25. The molecular weight excluding hydrogens is 474 g/mol. The van der Waals surface area contributed by atoms with Gasteiger partial charge in [0.15, 0.2) is 0 Å². The van der Waals surface area contributed by atoms with Crippen molar-refractivity contribution in [2.45, 2.75) is 27.2 Å². The summed E-state index contributed by atoms with van der Waals surface area (Å²) in [6, 6.07) is 14.9. The van der Waals surface area contributed by atoms with Gasteiger partial charge in [0.1, 0.15) is 5.75 Å². The van der Waals surface area contributed by atoms with Gasteiger partial charge in [0.25, 0.3) is 5.91 Å². The van der Waals surface area contributed by atoms with Gasteiger partial charge >= 0.3 is 0 Å². The fourth-order valence-electron chi connectivity index (χ4n) is 4.24. The third-order valence-electron chi connectivity index (χ3n) is 6.25. The van der Waals surface area contributed by atoms with Crippen molar-refractivity contribution in [1.82, 2.24) is 14.7 Å². The number of para-hydroxylation sites is 1.